The first-order chi connectivity index (χ1) is 7.16. The Kier molecular flexibility index (Phi) is 2.62. The van der Waals surface area contributed by atoms with Crippen LogP contribution in [0.15, 0.2) is 11.9 Å². The third-order valence-corrected chi connectivity index (χ3v) is 2.71. The first kappa shape index (κ1) is 10.0. The molecule has 1 fully saturated rings. The van der Waals surface area contributed by atoms with Crippen LogP contribution in [0.4, 0.5) is 4.79 Å². The van der Waals surface area contributed by atoms with E-state index in [1.165, 1.54) is 0 Å². The summed E-state index contributed by atoms with van der Waals surface area (Å²) in [7, 11) is 1.99. The van der Waals surface area contributed by atoms with Crippen molar-refractivity contribution in [3.8, 4) is 0 Å². The number of rotatable bonds is 1. The van der Waals surface area contributed by atoms with E-state index in [0.29, 0.717) is 13.0 Å². The van der Waals surface area contributed by atoms with Crippen LogP contribution in [0.3, 0.4) is 0 Å². The molecular formula is C10H15N3O2. The van der Waals surface area contributed by atoms with Gasteiger partial charge in [0.15, 0.2) is 0 Å². The van der Waals surface area contributed by atoms with Gasteiger partial charge in [-0.15, -0.1) is 0 Å². The molecule has 82 valence electrons. The first-order valence-electron chi connectivity index (χ1n) is 5.19. The van der Waals surface area contributed by atoms with Crippen molar-refractivity contribution in [3.63, 3.8) is 0 Å². The van der Waals surface area contributed by atoms with Crippen LogP contribution in [0.2, 0.25) is 0 Å². The maximum atomic E-state index is 11.5. The summed E-state index contributed by atoms with van der Waals surface area (Å²) in [6.45, 7) is 1.53. The molecule has 2 aliphatic heterocycles. The number of carbonyl (C=O) groups is 2. The van der Waals surface area contributed by atoms with Gasteiger partial charge in [-0.05, 0) is 12.8 Å². The number of hydrogen-bond acceptors (Lipinski definition) is 3. The summed E-state index contributed by atoms with van der Waals surface area (Å²) < 4.78 is 0. The van der Waals surface area contributed by atoms with Crippen molar-refractivity contribution >= 4 is 11.9 Å². The molecule has 2 heterocycles. The van der Waals surface area contributed by atoms with Gasteiger partial charge >= 0.3 is 6.03 Å². The Bertz CT molecular complexity index is 325. The van der Waals surface area contributed by atoms with Crippen molar-refractivity contribution in [1.29, 1.82) is 0 Å². The molecule has 5 nitrogen and oxygen atoms in total. The van der Waals surface area contributed by atoms with Gasteiger partial charge in [0.25, 0.3) is 0 Å². The van der Waals surface area contributed by atoms with Crippen LogP contribution < -0.4 is 5.32 Å². The van der Waals surface area contributed by atoms with Crippen molar-refractivity contribution in [1.82, 2.24) is 15.1 Å². The Morgan fingerprint density at radius 1 is 1.27 bits per heavy atom. The number of hydrogen-bond donors (Lipinski definition) is 1. The highest BCUT2D eigenvalue weighted by molar-refractivity contribution is 5.97. The van der Waals surface area contributed by atoms with Gasteiger partial charge in [-0.2, -0.15) is 0 Å². The summed E-state index contributed by atoms with van der Waals surface area (Å²) in [5, 5.41) is 2.33. The Morgan fingerprint density at radius 3 is 2.73 bits per heavy atom. The Morgan fingerprint density at radius 2 is 2.07 bits per heavy atom. The molecule has 0 spiro atoms. The van der Waals surface area contributed by atoms with Gasteiger partial charge in [0.05, 0.1) is 0 Å². The molecule has 3 amide bonds. The van der Waals surface area contributed by atoms with E-state index in [0.717, 1.165) is 25.1 Å². The second-order valence-corrected chi connectivity index (χ2v) is 3.96. The van der Waals surface area contributed by atoms with Crippen LogP contribution in [0, 0.1) is 0 Å². The average Bonchev–Trinajstić information content (AvgIpc) is 2.17. The smallest absolute Gasteiger partial charge is 0.328 e. The highest BCUT2D eigenvalue weighted by Crippen LogP contribution is 2.19. The average molecular weight is 209 g/mol. The van der Waals surface area contributed by atoms with E-state index in [-0.39, 0.29) is 11.9 Å². The van der Waals surface area contributed by atoms with Crippen LogP contribution in [-0.2, 0) is 4.79 Å². The van der Waals surface area contributed by atoms with E-state index in [2.05, 4.69) is 10.2 Å². The normalized spacial score (nSPS) is 22.6. The minimum absolute atomic E-state index is 0.180. The van der Waals surface area contributed by atoms with Crippen LogP contribution in [0.5, 0.6) is 0 Å². The molecule has 0 radical (unpaired) electrons. The van der Waals surface area contributed by atoms with E-state index in [1.807, 2.05) is 13.2 Å². The minimum Gasteiger partial charge on any atom is -0.379 e. The third kappa shape index (κ3) is 2.11. The Balaban J connectivity index is 2.10. The molecule has 0 aliphatic carbocycles. The predicted octanol–water partition coefficient (Wildman–Crippen LogP) is 0.495. The van der Waals surface area contributed by atoms with Gasteiger partial charge in [0.2, 0.25) is 5.91 Å². The molecule has 15 heavy (non-hydrogen) atoms. The molecule has 0 aromatic heterocycles. The van der Waals surface area contributed by atoms with Crippen molar-refractivity contribution in [2.45, 2.75) is 19.3 Å². The van der Waals surface area contributed by atoms with Gasteiger partial charge in [-0.25, -0.2) is 4.79 Å². The van der Waals surface area contributed by atoms with Gasteiger partial charge in [-0.1, -0.05) is 0 Å². The third-order valence-electron chi connectivity index (χ3n) is 2.71. The lowest BCUT2D eigenvalue weighted by molar-refractivity contribution is -0.121. The fourth-order valence-electron chi connectivity index (χ4n) is 1.94. The monoisotopic (exact) mass is 209 g/mol. The summed E-state index contributed by atoms with van der Waals surface area (Å²) in [6.07, 6.45) is 4.34. The molecule has 0 atom stereocenters. The van der Waals surface area contributed by atoms with Gasteiger partial charge in [0.1, 0.15) is 0 Å². The maximum absolute atomic E-state index is 11.5. The number of nitrogens with zero attached hydrogens (tertiary/aromatic N) is 2. The number of amides is 3. The van der Waals surface area contributed by atoms with Crippen molar-refractivity contribution < 1.29 is 9.59 Å². The minimum atomic E-state index is -0.284. The van der Waals surface area contributed by atoms with Crippen LogP contribution in [-0.4, -0.2) is 41.9 Å². The molecule has 0 aromatic rings. The molecule has 2 rings (SSSR count). The SMILES string of the molecule is CN1C=C(N2CCC(=O)NC2=O)CCC1. The summed E-state index contributed by atoms with van der Waals surface area (Å²) in [6, 6.07) is -0.284. The molecular weight excluding hydrogens is 194 g/mol. The molecule has 1 N–H and O–H groups in total. The number of allylic oxidation sites excluding steroid dienone is 1. The van der Waals surface area contributed by atoms with Gasteiger partial charge in [-0.3, -0.25) is 15.0 Å². The lowest BCUT2D eigenvalue weighted by Gasteiger charge is -2.32. The van der Waals surface area contributed by atoms with Gasteiger partial charge < -0.3 is 4.90 Å². The number of carbonyl (C=O) groups excluding carboxylic acids is 2. The van der Waals surface area contributed by atoms with Crippen LogP contribution >= 0.6 is 0 Å². The summed E-state index contributed by atoms with van der Waals surface area (Å²) >= 11 is 0. The lowest BCUT2D eigenvalue weighted by Crippen LogP contribution is -2.49. The molecule has 1 saturated heterocycles. The summed E-state index contributed by atoms with van der Waals surface area (Å²) in [5.74, 6) is -0.180. The van der Waals surface area contributed by atoms with E-state index in [9.17, 15) is 9.59 Å². The van der Waals surface area contributed by atoms with E-state index >= 15 is 0 Å². The second-order valence-electron chi connectivity index (χ2n) is 3.96. The Labute approximate surface area is 88.7 Å². The van der Waals surface area contributed by atoms with Gasteiger partial charge in [0, 0.05) is 38.5 Å². The fourth-order valence-corrected chi connectivity index (χ4v) is 1.94. The van der Waals surface area contributed by atoms with Crippen molar-refractivity contribution in [2.24, 2.45) is 0 Å². The van der Waals surface area contributed by atoms with E-state index in [1.54, 1.807) is 4.90 Å². The van der Waals surface area contributed by atoms with Crippen LogP contribution in [0.25, 0.3) is 0 Å². The molecule has 0 saturated carbocycles. The molecule has 5 heteroatoms. The second kappa shape index (κ2) is 3.92. The number of imide groups is 1. The highest BCUT2D eigenvalue weighted by Gasteiger charge is 2.26. The lowest BCUT2D eigenvalue weighted by atomic mass is 10.1. The highest BCUT2D eigenvalue weighted by atomic mass is 16.2. The number of urea groups is 1. The topological polar surface area (TPSA) is 52.6 Å². The van der Waals surface area contributed by atoms with E-state index in [4.69, 9.17) is 0 Å². The maximum Gasteiger partial charge on any atom is 0.328 e. The number of nitrogens with one attached hydrogen (secondary N) is 1. The quantitative estimate of drug-likeness (QED) is 0.684. The largest absolute Gasteiger partial charge is 0.379 e. The zero-order valence-electron chi connectivity index (χ0n) is 8.82. The molecule has 2 aliphatic rings. The Hall–Kier alpha value is -1.52. The van der Waals surface area contributed by atoms with E-state index < -0.39 is 0 Å². The summed E-state index contributed by atoms with van der Waals surface area (Å²) in [5.41, 5.74) is 1.01. The predicted molar refractivity (Wildman–Crippen MR) is 54.8 cm³/mol. The van der Waals surface area contributed by atoms with Crippen molar-refractivity contribution in [3.05, 3.63) is 11.9 Å². The molecule has 0 unspecified atom stereocenters. The van der Waals surface area contributed by atoms with Crippen molar-refractivity contribution in [2.75, 3.05) is 20.1 Å². The zero-order valence-corrected chi connectivity index (χ0v) is 8.82. The first-order valence-corrected chi connectivity index (χ1v) is 5.19. The fraction of sp³-hybridized carbons (Fsp3) is 0.600. The molecule has 0 bridgehead atoms. The van der Waals surface area contributed by atoms with Crippen LogP contribution in [0.1, 0.15) is 19.3 Å². The molecule has 0 aromatic carbocycles. The zero-order chi connectivity index (χ0) is 10.8. The summed E-state index contributed by atoms with van der Waals surface area (Å²) in [4.78, 5) is 26.3. The standard InChI is InChI=1S/C10H15N3O2/c1-12-5-2-3-8(7-12)13-6-4-9(14)11-10(13)15/h7H,2-6H2,1H3,(H,11,14,15).